The van der Waals surface area contributed by atoms with Crippen LogP contribution in [0.4, 0.5) is 5.69 Å². The van der Waals surface area contributed by atoms with Crippen LogP contribution in [0.25, 0.3) is 0 Å². The highest BCUT2D eigenvalue weighted by Crippen LogP contribution is 2.21. The summed E-state index contributed by atoms with van der Waals surface area (Å²) in [6.07, 6.45) is 3.55. The second-order valence-corrected chi connectivity index (χ2v) is 5.14. The molecule has 0 aliphatic heterocycles. The van der Waals surface area contributed by atoms with Crippen LogP contribution >= 0.6 is 15.9 Å². The number of halogens is 1. The summed E-state index contributed by atoms with van der Waals surface area (Å²) in [6.45, 7) is 6.88. The lowest BCUT2D eigenvalue weighted by Gasteiger charge is -2.12. The molecular weight excluding hydrogens is 316 g/mol. The van der Waals surface area contributed by atoms with Crippen molar-refractivity contribution in [2.45, 2.75) is 13.5 Å². The van der Waals surface area contributed by atoms with Crippen molar-refractivity contribution in [2.24, 2.45) is 0 Å². The molecule has 0 amide bonds. The molecule has 0 spiro atoms. The van der Waals surface area contributed by atoms with E-state index in [2.05, 4.69) is 38.9 Å². The molecule has 1 aromatic carbocycles. The first-order valence-electron chi connectivity index (χ1n) is 6.38. The molecule has 1 heterocycles. The predicted octanol–water partition coefficient (Wildman–Crippen LogP) is 4.33. The van der Waals surface area contributed by atoms with Crippen molar-refractivity contribution >= 4 is 21.6 Å². The van der Waals surface area contributed by atoms with Crippen molar-refractivity contribution in [2.75, 3.05) is 11.9 Å². The van der Waals surface area contributed by atoms with Gasteiger partial charge in [0.25, 0.3) is 0 Å². The molecule has 1 aromatic heterocycles. The van der Waals surface area contributed by atoms with Gasteiger partial charge in [0.15, 0.2) is 0 Å². The number of ether oxygens (including phenoxy) is 1. The fraction of sp³-hybridized carbons (Fsp3) is 0.188. The summed E-state index contributed by atoms with van der Waals surface area (Å²) in [5.41, 5.74) is 3.20. The van der Waals surface area contributed by atoms with Crippen LogP contribution < -0.4 is 10.1 Å². The van der Waals surface area contributed by atoms with Crippen LogP contribution in [0, 0.1) is 6.92 Å². The van der Waals surface area contributed by atoms with Gasteiger partial charge in [-0.2, -0.15) is 0 Å². The lowest BCUT2D eigenvalue weighted by molar-refractivity contribution is 0.359. The molecule has 0 saturated heterocycles. The second-order valence-electron chi connectivity index (χ2n) is 4.39. The molecule has 0 radical (unpaired) electrons. The molecule has 0 bridgehead atoms. The molecule has 3 nitrogen and oxygen atoms in total. The summed E-state index contributed by atoms with van der Waals surface area (Å²) < 4.78 is 6.51. The third-order valence-corrected chi connectivity index (χ3v) is 3.66. The number of benzene rings is 1. The van der Waals surface area contributed by atoms with E-state index in [1.165, 1.54) is 0 Å². The summed E-state index contributed by atoms with van der Waals surface area (Å²) in [5.74, 6) is 0.877. The molecule has 0 saturated carbocycles. The summed E-state index contributed by atoms with van der Waals surface area (Å²) >= 11 is 3.40. The number of hydrogen-bond acceptors (Lipinski definition) is 3. The van der Waals surface area contributed by atoms with Gasteiger partial charge >= 0.3 is 0 Å². The summed E-state index contributed by atoms with van der Waals surface area (Å²) in [4.78, 5) is 4.27. The van der Waals surface area contributed by atoms with Gasteiger partial charge in [0.05, 0.1) is 11.9 Å². The Hall–Kier alpha value is -1.81. The number of pyridine rings is 1. The Labute approximate surface area is 127 Å². The molecule has 2 rings (SSSR count). The van der Waals surface area contributed by atoms with Crippen molar-refractivity contribution < 1.29 is 4.74 Å². The van der Waals surface area contributed by atoms with E-state index >= 15 is 0 Å². The van der Waals surface area contributed by atoms with Crippen molar-refractivity contribution in [1.82, 2.24) is 4.98 Å². The van der Waals surface area contributed by atoms with Crippen molar-refractivity contribution in [1.29, 1.82) is 0 Å². The minimum atomic E-state index is 0.510. The minimum absolute atomic E-state index is 0.510. The normalized spacial score (nSPS) is 10.1. The Morgan fingerprint density at radius 1 is 1.40 bits per heavy atom. The first-order valence-corrected chi connectivity index (χ1v) is 7.17. The molecule has 0 atom stereocenters. The number of para-hydroxylation sites is 1. The number of nitrogens with zero attached hydrogens (tertiary/aromatic N) is 1. The van der Waals surface area contributed by atoms with Gasteiger partial charge in [-0.15, -0.1) is 0 Å². The van der Waals surface area contributed by atoms with Gasteiger partial charge in [-0.25, -0.2) is 4.98 Å². The minimum Gasteiger partial charge on any atom is -0.489 e. The van der Waals surface area contributed by atoms with Gasteiger partial charge in [0.2, 0.25) is 0 Å². The number of aromatic nitrogens is 1. The molecule has 0 fully saturated rings. The van der Waals surface area contributed by atoms with Crippen LogP contribution in [-0.2, 0) is 6.54 Å². The maximum atomic E-state index is 5.64. The third-order valence-electron chi connectivity index (χ3n) is 2.83. The van der Waals surface area contributed by atoms with Crippen LogP contribution in [-0.4, -0.2) is 11.6 Å². The molecule has 0 aliphatic rings. The highest BCUT2D eigenvalue weighted by Gasteiger charge is 2.03. The topological polar surface area (TPSA) is 34.1 Å². The van der Waals surface area contributed by atoms with Crippen LogP contribution in [0.3, 0.4) is 0 Å². The summed E-state index contributed by atoms with van der Waals surface area (Å²) in [5, 5.41) is 3.36. The van der Waals surface area contributed by atoms with E-state index in [0.29, 0.717) is 13.2 Å². The predicted molar refractivity (Wildman–Crippen MR) is 86.1 cm³/mol. The third kappa shape index (κ3) is 3.84. The average Bonchev–Trinajstić information content (AvgIpc) is 2.47. The Morgan fingerprint density at radius 2 is 2.20 bits per heavy atom. The van der Waals surface area contributed by atoms with Crippen molar-refractivity contribution in [3.63, 3.8) is 0 Å². The first-order chi connectivity index (χ1) is 9.70. The van der Waals surface area contributed by atoms with Gasteiger partial charge in [-0.3, -0.25) is 0 Å². The molecule has 0 aliphatic carbocycles. The van der Waals surface area contributed by atoms with Crippen molar-refractivity contribution in [3.8, 4) is 5.75 Å². The van der Waals surface area contributed by atoms with Gasteiger partial charge in [0, 0.05) is 12.1 Å². The highest BCUT2D eigenvalue weighted by molar-refractivity contribution is 9.10. The molecule has 20 heavy (non-hydrogen) atoms. The Morgan fingerprint density at radius 3 is 2.95 bits per heavy atom. The second kappa shape index (κ2) is 7.10. The molecule has 0 unspecified atom stereocenters. The molecule has 104 valence electrons. The largest absolute Gasteiger partial charge is 0.489 e. The highest BCUT2D eigenvalue weighted by atomic mass is 79.9. The quantitative estimate of drug-likeness (QED) is 0.631. The number of anilines is 1. The van der Waals surface area contributed by atoms with E-state index in [9.17, 15) is 0 Å². The van der Waals surface area contributed by atoms with Gasteiger partial charge in [-0.1, -0.05) is 30.9 Å². The van der Waals surface area contributed by atoms with Crippen LogP contribution in [0.15, 0.2) is 53.8 Å². The van der Waals surface area contributed by atoms with Crippen LogP contribution in [0.2, 0.25) is 0 Å². The van der Waals surface area contributed by atoms with E-state index in [-0.39, 0.29) is 0 Å². The van der Waals surface area contributed by atoms with Crippen molar-refractivity contribution in [3.05, 3.63) is 64.9 Å². The van der Waals surface area contributed by atoms with E-state index in [1.54, 1.807) is 6.08 Å². The molecule has 4 heteroatoms. The molecule has 1 N–H and O–H groups in total. The van der Waals surface area contributed by atoms with E-state index in [1.807, 2.05) is 37.4 Å². The lowest BCUT2D eigenvalue weighted by atomic mass is 10.2. The van der Waals surface area contributed by atoms with Crippen LogP contribution in [0.1, 0.15) is 11.1 Å². The zero-order valence-electron chi connectivity index (χ0n) is 11.4. The smallest absolute Gasteiger partial charge is 0.124 e. The Kier molecular flexibility index (Phi) is 5.18. The monoisotopic (exact) mass is 332 g/mol. The van der Waals surface area contributed by atoms with Gasteiger partial charge in [-0.05, 0) is 40.5 Å². The van der Waals surface area contributed by atoms with Gasteiger partial charge < -0.3 is 10.1 Å². The number of nitrogens with one attached hydrogen (secondary N) is 1. The molecule has 2 aromatic rings. The maximum absolute atomic E-state index is 5.64. The Bertz CT molecular complexity index is 599. The maximum Gasteiger partial charge on any atom is 0.124 e. The lowest BCUT2D eigenvalue weighted by Crippen LogP contribution is -2.04. The molecular formula is C16H17BrN2O. The zero-order chi connectivity index (χ0) is 14.4. The standard InChI is InChI=1S/C16H17BrN2O/c1-3-8-20-15-7-5-4-6-13(15)10-18-14-9-12(2)16(17)19-11-14/h3-7,9,11,18H,1,8,10H2,2H3. The first kappa shape index (κ1) is 14.6. The van der Waals surface area contributed by atoms with E-state index in [4.69, 9.17) is 4.74 Å². The number of aryl methyl sites for hydroxylation is 1. The fourth-order valence-electron chi connectivity index (χ4n) is 1.79. The van der Waals surface area contributed by atoms with Crippen LogP contribution in [0.5, 0.6) is 5.75 Å². The Balaban J connectivity index is 2.06. The zero-order valence-corrected chi connectivity index (χ0v) is 13.0. The van der Waals surface area contributed by atoms with E-state index < -0.39 is 0 Å². The van der Waals surface area contributed by atoms with E-state index in [0.717, 1.165) is 27.2 Å². The summed E-state index contributed by atoms with van der Waals surface area (Å²) in [6, 6.07) is 10.0. The SMILES string of the molecule is C=CCOc1ccccc1CNc1cnc(Br)c(C)c1. The average molecular weight is 333 g/mol. The fourth-order valence-corrected chi connectivity index (χ4v) is 2.01. The number of hydrogen-bond donors (Lipinski definition) is 1. The van der Waals surface area contributed by atoms with Gasteiger partial charge in [0.1, 0.15) is 17.0 Å². The summed E-state index contributed by atoms with van der Waals surface area (Å²) in [7, 11) is 0. The number of rotatable bonds is 6.